The number of amides is 4. The summed E-state index contributed by atoms with van der Waals surface area (Å²) in [6, 6.07) is 10.5. The first-order valence-corrected chi connectivity index (χ1v) is 9.80. The Morgan fingerprint density at radius 1 is 1.24 bits per heavy atom. The number of carbonyl (C=O) groups excluding carboxylic acids is 3. The van der Waals surface area contributed by atoms with E-state index >= 15 is 0 Å². The Hall–Kier alpha value is -2.94. The second-order valence-corrected chi connectivity index (χ2v) is 7.52. The summed E-state index contributed by atoms with van der Waals surface area (Å²) in [5.41, 5.74) is 1.22. The topological polar surface area (TPSA) is 90.5 Å². The van der Waals surface area contributed by atoms with Gasteiger partial charge in [0.15, 0.2) is 0 Å². The first-order chi connectivity index (χ1) is 13.8. The number of anilines is 2. The molecule has 1 aliphatic rings. The van der Waals surface area contributed by atoms with E-state index in [1.54, 1.807) is 12.1 Å². The number of carbonyl (C=O) groups is 3. The largest absolute Gasteiger partial charge is 0.349 e. The predicted molar refractivity (Wildman–Crippen MR) is 111 cm³/mol. The van der Waals surface area contributed by atoms with Crippen LogP contribution in [0.2, 0.25) is 0 Å². The minimum absolute atomic E-state index is 0.0235. The van der Waals surface area contributed by atoms with Crippen LogP contribution in [-0.2, 0) is 9.59 Å². The van der Waals surface area contributed by atoms with E-state index in [1.165, 1.54) is 30.0 Å². The van der Waals surface area contributed by atoms with Crippen molar-refractivity contribution in [3.05, 3.63) is 58.3 Å². The molecule has 1 unspecified atom stereocenters. The average molecular weight is 463 g/mol. The van der Waals surface area contributed by atoms with Gasteiger partial charge in [-0.3, -0.25) is 14.5 Å². The lowest BCUT2D eigenvalue weighted by molar-refractivity contribution is -0.120. The molecule has 29 heavy (non-hydrogen) atoms. The highest BCUT2D eigenvalue weighted by atomic mass is 79.9. The van der Waals surface area contributed by atoms with E-state index in [9.17, 15) is 18.8 Å². The molecule has 0 bridgehead atoms. The van der Waals surface area contributed by atoms with Crippen molar-refractivity contribution in [1.29, 1.82) is 0 Å². The fourth-order valence-corrected chi connectivity index (χ4v) is 3.34. The van der Waals surface area contributed by atoms with Gasteiger partial charge >= 0.3 is 6.03 Å². The summed E-state index contributed by atoms with van der Waals surface area (Å²) in [5.74, 6) is -1.35. The molecule has 0 saturated carbocycles. The Bertz CT molecular complexity index is 936. The standard InChI is InChI=1S/C20H20BrFN4O3/c1-12(27)24-17(13-2-4-14(21)5-3-13)11-19(28)25-18-10-15(6-7-16(18)22)26-9-8-23-20(26)29/h2-7,10,17H,8-9,11H2,1H3,(H,23,29)(H,24,27)(H,25,28). The van der Waals surface area contributed by atoms with Gasteiger partial charge in [-0.05, 0) is 35.9 Å². The van der Waals surface area contributed by atoms with E-state index in [0.717, 1.165) is 10.0 Å². The van der Waals surface area contributed by atoms with E-state index in [1.807, 2.05) is 12.1 Å². The Balaban J connectivity index is 1.75. The van der Waals surface area contributed by atoms with Crippen LogP contribution < -0.4 is 20.9 Å². The Kier molecular flexibility index (Phi) is 6.48. The number of urea groups is 1. The molecule has 0 aliphatic carbocycles. The fourth-order valence-electron chi connectivity index (χ4n) is 3.07. The molecule has 2 aromatic rings. The van der Waals surface area contributed by atoms with Crippen LogP contribution in [0.4, 0.5) is 20.6 Å². The summed E-state index contributed by atoms with van der Waals surface area (Å²) in [6.45, 7) is 2.34. The van der Waals surface area contributed by atoms with Crippen LogP contribution in [0.1, 0.15) is 24.9 Å². The Morgan fingerprint density at radius 3 is 2.59 bits per heavy atom. The zero-order valence-electron chi connectivity index (χ0n) is 15.7. The monoisotopic (exact) mass is 462 g/mol. The maximum atomic E-state index is 14.2. The van der Waals surface area contributed by atoms with Gasteiger partial charge in [0.1, 0.15) is 5.82 Å². The molecule has 4 amide bonds. The third-order valence-corrected chi connectivity index (χ3v) is 4.96. The lowest BCUT2D eigenvalue weighted by atomic mass is 10.0. The summed E-state index contributed by atoms with van der Waals surface area (Å²) in [7, 11) is 0. The molecule has 1 fully saturated rings. The first kappa shape index (κ1) is 20.8. The van der Waals surface area contributed by atoms with Gasteiger partial charge in [-0.2, -0.15) is 0 Å². The summed E-state index contributed by atoms with van der Waals surface area (Å²) in [4.78, 5) is 37.4. The van der Waals surface area contributed by atoms with Gasteiger partial charge in [0.2, 0.25) is 11.8 Å². The van der Waals surface area contributed by atoms with Crippen LogP contribution in [0.25, 0.3) is 0 Å². The molecular formula is C20H20BrFN4O3. The summed E-state index contributed by atoms with van der Waals surface area (Å²) in [6.07, 6.45) is -0.0743. The molecule has 3 N–H and O–H groups in total. The molecule has 0 aromatic heterocycles. The number of nitrogens with zero attached hydrogens (tertiary/aromatic N) is 1. The van der Waals surface area contributed by atoms with E-state index < -0.39 is 17.8 Å². The van der Waals surface area contributed by atoms with Crippen molar-refractivity contribution in [1.82, 2.24) is 10.6 Å². The zero-order chi connectivity index (χ0) is 21.0. The summed E-state index contributed by atoms with van der Waals surface area (Å²) in [5, 5.41) is 7.95. The molecule has 152 valence electrons. The molecule has 1 aliphatic heterocycles. The van der Waals surface area contributed by atoms with Crippen molar-refractivity contribution in [2.24, 2.45) is 0 Å². The zero-order valence-corrected chi connectivity index (χ0v) is 17.3. The quantitative estimate of drug-likeness (QED) is 0.614. The van der Waals surface area contributed by atoms with Crippen molar-refractivity contribution >= 4 is 45.2 Å². The molecule has 9 heteroatoms. The Morgan fingerprint density at radius 2 is 1.97 bits per heavy atom. The molecular weight excluding hydrogens is 443 g/mol. The van der Waals surface area contributed by atoms with Gasteiger partial charge in [-0.15, -0.1) is 0 Å². The number of benzene rings is 2. The summed E-state index contributed by atoms with van der Waals surface area (Å²) >= 11 is 3.35. The van der Waals surface area contributed by atoms with E-state index in [0.29, 0.717) is 18.8 Å². The number of hydrogen-bond donors (Lipinski definition) is 3. The van der Waals surface area contributed by atoms with Gasteiger partial charge in [0, 0.05) is 30.2 Å². The van der Waals surface area contributed by atoms with Gasteiger partial charge < -0.3 is 16.0 Å². The van der Waals surface area contributed by atoms with Crippen LogP contribution in [0.15, 0.2) is 46.9 Å². The average Bonchev–Trinajstić information content (AvgIpc) is 3.09. The van der Waals surface area contributed by atoms with Gasteiger partial charge in [-0.25, -0.2) is 9.18 Å². The summed E-state index contributed by atoms with van der Waals surface area (Å²) < 4.78 is 15.1. The number of rotatable bonds is 6. The third kappa shape index (κ3) is 5.32. The van der Waals surface area contributed by atoms with E-state index in [2.05, 4.69) is 31.9 Å². The molecule has 7 nitrogen and oxygen atoms in total. The van der Waals surface area contributed by atoms with Crippen molar-refractivity contribution < 1.29 is 18.8 Å². The third-order valence-electron chi connectivity index (χ3n) is 4.43. The van der Waals surface area contributed by atoms with Crippen LogP contribution in [0.3, 0.4) is 0 Å². The minimum Gasteiger partial charge on any atom is -0.349 e. The smallest absolute Gasteiger partial charge is 0.321 e. The van der Waals surface area contributed by atoms with Crippen molar-refractivity contribution in [2.45, 2.75) is 19.4 Å². The molecule has 3 rings (SSSR count). The molecule has 0 radical (unpaired) electrons. The first-order valence-electron chi connectivity index (χ1n) is 9.01. The second kappa shape index (κ2) is 9.04. The van der Waals surface area contributed by atoms with Crippen molar-refractivity contribution in [2.75, 3.05) is 23.3 Å². The predicted octanol–water partition coefficient (Wildman–Crippen LogP) is 3.32. The minimum atomic E-state index is -0.610. The van der Waals surface area contributed by atoms with Crippen LogP contribution >= 0.6 is 15.9 Å². The Labute approximate surface area is 175 Å². The number of hydrogen-bond acceptors (Lipinski definition) is 3. The van der Waals surface area contributed by atoms with Crippen LogP contribution in [-0.4, -0.2) is 30.9 Å². The molecule has 1 atom stereocenters. The molecule has 2 aromatic carbocycles. The number of halogens is 2. The van der Waals surface area contributed by atoms with Gasteiger partial charge in [0.25, 0.3) is 0 Å². The van der Waals surface area contributed by atoms with E-state index in [4.69, 9.17) is 0 Å². The number of nitrogens with one attached hydrogen (secondary N) is 3. The molecule has 0 spiro atoms. The highest BCUT2D eigenvalue weighted by molar-refractivity contribution is 9.10. The lowest BCUT2D eigenvalue weighted by Crippen LogP contribution is -2.30. The molecule has 1 heterocycles. The fraction of sp³-hybridized carbons (Fsp3) is 0.250. The van der Waals surface area contributed by atoms with Gasteiger partial charge in [-0.1, -0.05) is 28.1 Å². The maximum Gasteiger partial charge on any atom is 0.321 e. The maximum absolute atomic E-state index is 14.2. The van der Waals surface area contributed by atoms with Crippen molar-refractivity contribution in [3.8, 4) is 0 Å². The van der Waals surface area contributed by atoms with Crippen molar-refractivity contribution in [3.63, 3.8) is 0 Å². The highest BCUT2D eigenvalue weighted by Gasteiger charge is 2.23. The van der Waals surface area contributed by atoms with Crippen LogP contribution in [0.5, 0.6) is 0 Å². The lowest BCUT2D eigenvalue weighted by Gasteiger charge is -2.19. The second-order valence-electron chi connectivity index (χ2n) is 6.60. The molecule has 1 saturated heterocycles. The normalized spacial score (nSPS) is 14.3. The highest BCUT2D eigenvalue weighted by Crippen LogP contribution is 2.25. The van der Waals surface area contributed by atoms with Gasteiger partial charge in [0.05, 0.1) is 18.2 Å². The SMILES string of the molecule is CC(=O)NC(CC(=O)Nc1cc(N2CCNC2=O)ccc1F)c1ccc(Br)cc1. The van der Waals surface area contributed by atoms with Crippen LogP contribution in [0, 0.1) is 5.82 Å². The van der Waals surface area contributed by atoms with E-state index in [-0.39, 0.29) is 24.0 Å².